The van der Waals surface area contributed by atoms with Gasteiger partial charge in [0, 0.05) is 32.2 Å². The second kappa shape index (κ2) is 6.58. The fourth-order valence-corrected chi connectivity index (χ4v) is 3.31. The number of rotatable bonds is 4. The number of nitro groups is 1. The highest BCUT2D eigenvalue weighted by Gasteiger charge is 2.31. The first-order chi connectivity index (χ1) is 10.6. The molecule has 1 aromatic rings. The molecule has 2 fully saturated rings. The second-order valence-corrected chi connectivity index (χ2v) is 5.79. The summed E-state index contributed by atoms with van der Waals surface area (Å²) in [6.07, 6.45) is 2.01. The highest BCUT2D eigenvalue weighted by atomic mass is 19.1. The number of anilines is 1. The maximum absolute atomic E-state index is 13.3. The summed E-state index contributed by atoms with van der Waals surface area (Å²) in [6, 6.07) is 4.08. The summed E-state index contributed by atoms with van der Waals surface area (Å²) >= 11 is 0. The van der Waals surface area contributed by atoms with Crippen LogP contribution in [0, 0.1) is 15.9 Å². The number of hydrogen-bond acceptors (Lipinski definition) is 5. The van der Waals surface area contributed by atoms with Crippen molar-refractivity contribution in [2.45, 2.75) is 18.9 Å². The molecule has 1 atom stereocenters. The summed E-state index contributed by atoms with van der Waals surface area (Å²) < 4.78 is 18.7. The van der Waals surface area contributed by atoms with Crippen LogP contribution in [0.25, 0.3) is 0 Å². The Morgan fingerprint density at radius 2 is 2.09 bits per heavy atom. The van der Waals surface area contributed by atoms with Crippen LogP contribution < -0.4 is 4.90 Å². The molecule has 0 N–H and O–H groups in total. The lowest BCUT2D eigenvalue weighted by Crippen LogP contribution is -2.45. The molecule has 0 radical (unpaired) electrons. The Balaban J connectivity index is 1.79. The van der Waals surface area contributed by atoms with Gasteiger partial charge in [-0.05, 0) is 25.0 Å². The van der Waals surface area contributed by atoms with E-state index in [1.165, 1.54) is 12.1 Å². The van der Waals surface area contributed by atoms with Crippen LogP contribution in [0.4, 0.5) is 15.8 Å². The summed E-state index contributed by atoms with van der Waals surface area (Å²) in [5.41, 5.74) is 0.385. The molecule has 1 aromatic carbocycles. The highest BCUT2D eigenvalue weighted by molar-refractivity contribution is 5.64. The molecule has 7 heteroatoms. The van der Waals surface area contributed by atoms with Gasteiger partial charge in [0.1, 0.15) is 11.5 Å². The summed E-state index contributed by atoms with van der Waals surface area (Å²) in [5.74, 6) is -0.570. The van der Waals surface area contributed by atoms with Crippen molar-refractivity contribution in [2.75, 3.05) is 44.3 Å². The third kappa shape index (κ3) is 3.20. The lowest BCUT2D eigenvalue weighted by molar-refractivity contribution is -0.384. The number of benzene rings is 1. The van der Waals surface area contributed by atoms with Gasteiger partial charge in [-0.1, -0.05) is 0 Å². The van der Waals surface area contributed by atoms with Gasteiger partial charge < -0.3 is 9.64 Å². The molecule has 0 saturated carbocycles. The van der Waals surface area contributed by atoms with Crippen LogP contribution in [-0.4, -0.2) is 55.3 Å². The Morgan fingerprint density at radius 1 is 1.32 bits per heavy atom. The number of hydrogen-bond donors (Lipinski definition) is 0. The van der Waals surface area contributed by atoms with Crippen LogP contribution in [0.5, 0.6) is 0 Å². The smallest absolute Gasteiger partial charge is 0.295 e. The van der Waals surface area contributed by atoms with Crippen molar-refractivity contribution in [1.82, 2.24) is 4.90 Å². The quantitative estimate of drug-likeness (QED) is 0.629. The third-order valence-electron chi connectivity index (χ3n) is 4.39. The standard InChI is InChI=1S/C15H20FN3O3/c16-12-3-4-14(15(10-12)19(20)21)18-5-1-2-13(18)11-17-6-8-22-9-7-17/h3-4,10,13H,1-2,5-9,11H2. The third-order valence-corrected chi connectivity index (χ3v) is 4.39. The fraction of sp³-hybridized carbons (Fsp3) is 0.600. The maximum Gasteiger partial charge on any atom is 0.295 e. The van der Waals surface area contributed by atoms with Crippen LogP contribution in [0.2, 0.25) is 0 Å². The molecule has 2 aliphatic heterocycles. The average Bonchev–Trinajstić information content (AvgIpc) is 2.96. The summed E-state index contributed by atoms with van der Waals surface area (Å²) in [4.78, 5) is 15.1. The molecular formula is C15H20FN3O3. The van der Waals surface area contributed by atoms with E-state index in [1.54, 1.807) is 0 Å². The van der Waals surface area contributed by atoms with Crippen LogP contribution in [0.15, 0.2) is 18.2 Å². The minimum atomic E-state index is -0.570. The lowest BCUT2D eigenvalue weighted by atomic mass is 10.1. The number of nitrogens with zero attached hydrogens (tertiary/aromatic N) is 3. The minimum Gasteiger partial charge on any atom is -0.379 e. The predicted molar refractivity (Wildman–Crippen MR) is 80.7 cm³/mol. The molecule has 0 aliphatic carbocycles. The topological polar surface area (TPSA) is 58.9 Å². The Labute approximate surface area is 128 Å². The number of nitro benzene ring substituents is 1. The zero-order valence-electron chi connectivity index (χ0n) is 12.4. The van der Waals surface area contributed by atoms with Crippen molar-refractivity contribution < 1.29 is 14.1 Å². The van der Waals surface area contributed by atoms with E-state index in [0.29, 0.717) is 5.69 Å². The molecule has 2 aliphatic rings. The van der Waals surface area contributed by atoms with E-state index < -0.39 is 10.7 Å². The summed E-state index contributed by atoms with van der Waals surface area (Å²) in [5, 5.41) is 11.2. The van der Waals surface area contributed by atoms with Crippen LogP contribution in [-0.2, 0) is 4.74 Å². The normalized spacial score (nSPS) is 23.0. The van der Waals surface area contributed by atoms with E-state index in [0.717, 1.165) is 58.3 Å². The first kappa shape index (κ1) is 15.2. The van der Waals surface area contributed by atoms with E-state index in [4.69, 9.17) is 4.74 Å². The van der Waals surface area contributed by atoms with Crippen molar-refractivity contribution >= 4 is 11.4 Å². The highest BCUT2D eigenvalue weighted by Crippen LogP contribution is 2.34. The number of morpholine rings is 1. The lowest BCUT2D eigenvalue weighted by Gasteiger charge is -2.33. The molecule has 6 nitrogen and oxygen atoms in total. The first-order valence-electron chi connectivity index (χ1n) is 7.66. The number of halogens is 1. The number of ether oxygens (including phenoxy) is 1. The van der Waals surface area contributed by atoms with E-state index in [9.17, 15) is 14.5 Å². The van der Waals surface area contributed by atoms with Gasteiger partial charge in [-0.25, -0.2) is 4.39 Å². The van der Waals surface area contributed by atoms with Gasteiger partial charge in [-0.2, -0.15) is 0 Å². The van der Waals surface area contributed by atoms with Crippen molar-refractivity contribution in [3.8, 4) is 0 Å². The van der Waals surface area contributed by atoms with Crippen molar-refractivity contribution in [3.63, 3.8) is 0 Å². The molecule has 0 aromatic heterocycles. The molecule has 22 heavy (non-hydrogen) atoms. The zero-order chi connectivity index (χ0) is 15.5. The van der Waals surface area contributed by atoms with Crippen molar-refractivity contribution in [2.24, 2.45) is 0 Å². The van der Waals surface area contributed by atoms with E-state index in [-0.39, 0.29) is 11.7 Å². The molecule has 0 bridgehead atoms. The van der Waals surface area contributed by atoms with E-state index in [1.807, 2.05) is 0 Å². The van der Waals surface area contributed by atoms with Gasteiger partial charge in [0.15, 0.2) is 0 Å². The molecule has 120 valence electrons. The molecular weight excluding hydrogens is 289 g/mol. The van der Waals surface area contributed by atoms with Gasteiger partial charge >= 0.3 is 0 Å². The van der Waals surface area contributed by atoms with Gasteiger partial charge in [-0.3, -0.25) is 15.0 Å². The first-order valence-corrected chi connectivity index (χ1v) is 7.66. The zero-order valence-corrected chi connectivity index (χ0v) is 12.4. The van der Waals surface area contributed by atoms with E-state index in [2.05, 4.69) is 9.80 Å². The Morgan fingerprint density at radius 3 is 2.82 bits per heavy atom. The van der Waals surface area contributed by atoms with Crippen LogP contribution in [0.1, 0.15) is 12.8 Å². The molecule has 2 saturated heterocycles. The summed E-state index contributed by atoms with van der Waals surface area (Å²) in [6.45, 7) is 4.93. The molecule has 0 spiro atoms. The summed E-state index contributed by atoms with van der Waals surface area (Å²) in [7, 11) is 0. The fourth-order valence-electron chi connectivity index (χ4n) is 3.31. The Hall–Kier alpha value is -1.73. The molecule has 2 heterocycles. The van der Waals surface area contributed by atoms with E-state index >= 15 is 0 Å². The molecule has 3 rings (SSSR count). The molecule has 1 unspecified atom stereocenters. The van der Waals surface area contributed by atoms with Gasteiger partial charge in [0.2, 0.25) is 0 Å². The van der Waals surface area contributed by atoms with Crippen LogP contribution in [0.3, 0.4) is 0 Å². The molecule has 0 amide bonds. The monoisotopic (exact) mass is 309 g/mol. The van der Waals surface area contributed by atoms with Gasteiger partial charge in [-0.15, -0.1) is 0 Å². The van der Waals surface area contributed by atoms with Crippen molar-refractivity contribution in [1.29, 1.82) is 0 Å². The maximum atomic E-state index is 13.3. The minimum absolute atomic E-state index is 0.145. The Kier molecular flexibility index (Phi) is 4.54. The average molecular weight is 309 g/mol. The Bertz CT molecular complexity index is 549. The second-order valence-electron chi connectivity index (χ2n) is 5.79. The SMILES string of the molecule is O=[N+]([O-])c1cc(F)ccc1N1CCCC1CN1CCOCC1. The predicted octanol–water partition coefficient (Wildman–Crippen LogP) is 2.03. The largest absolute Gasteiger partial charge is 0.379 e. The van der Waals surface area contributed by atoms with Gasteiger partial charge in [0.05, 0.1) is 24.2 Å². The van der Waals surface area contributed by atoms with Crippen molar-refractivity contribution in [3.05, 3.63) is 34.1 Å². The van der Waals surface area contributed by atoms with Gasteiger partial charge in [0.25, 0.3) is 5.69 Å². The van der Waals surface area contributed by atoms with Crippen LogP contribution >= 0.6 is 0 Å².